The summed E-state index contributed by atoms with van der Waals surface area (Å²) < 4.78 is 33.3. The summed E-state index contributed by atoms with van der Waals surface area (Å²) in [5.41, 5.74) is 20.2. The number of aromatic nitrogens is 4. The summed E-state index contributed by atoms with van der Waals surface area (Å²) >= 11 is 0. The van der Waals surface area contributed by atoms with E-state index in [1.165, 1.54) is 105 Å². The minimum atomic E-state index is 0.242. The molecular weight excluding hydrogens is 1160 g/mol. The van der Waals surface area contributed by atoms with E-state index in [-0.39, 0.29) is 27.4 Å². The van der Waals surface area contributed by atoms with Crippen molar-refractivity contribution in [3.05, 3.63) is 234 Å². The molecule has 4 aliphatic heterocycles. The molecule has 0 unspecified atom stereocenters. The van der Waals surface area contributed by atoms with Crippen molar-refractivity contribution in [1.29, 1.82) is 0 Å². The van der Waals surface area contributed by atoms with Crippen LogP contribution in [0.5, 0.6) is 0 Å². The molecule has 12 aromatic rings. The maximum Gasteiger partial charge on any atom is 0.405 e. The van der Waals surface area contributed by atoms with Crippen LogP contribution in [0.15, 0.2) is 176 Å². The van der Waals surface area contributed by atoms with Crippen LogP contribution in [0.1, 0.15) is 61.1 Å². The molecule has 16 heteroatoms. The molecule has 468 valence electrons. The summed E-state index contributed by atoms with van der Waals surface area (Å²) in [5, 5.41) is 9.64. The number of para-hydroxylation sites is 4. The average Bonchev–Trinajstić information content (AvgIpc) is 1.54. The fraction of sp³-hybridized carbons (Fsp3) is 0.231. The second-order valence-electron chi connectivity index (χ2n) is 26.4. The molecule has 12 heterocycles. The van der Waals surface area contributed by atoms with Gasteiger partial charge in [-0.1, -0.05) is 90.7 Å². The van der Waals surface area contributed by atoms with Gasteiger partial charge in [0.25, 0.3) is 23.3 Å². The molecule has 0 saturated heterocycles. The van der Waals surface area contributed by atoms with E-state index < -0.39 is 0 Å². The number of nitrogens with zero attached hydrogens (tertiary/aromatic N) is 8. The van der Waals surface area contributed by atoms with Crippen LogP contribution in [0.25, 0.3) is 90.6 Å². The highest BCUT2D eigenvalue weighted by molar-refractivity contribution is 6.79. The lowest BCUT2D eigenvalue weighted by Gasteiger charge is -2.24. The van der Waals surface area contributed by atoms with Crippen molar-refractivity contribution >= 4 is 141 Å². The van der Waals surface area contributed by atoms with Crippen molar-refractivity contribution in [3.8, 4) is 0 Å². The highest BCUT2D eigenvalue weighted by Gasteiger charge is 2.38. The van der Waals surface area contributed by atoms with Crippen molar-refractivity contribution < 1.29 is 35.9 Å². The summed E-state index contributed by atoms with van der Waals surface area (Å²) in [6, 6.07) is 46.3. The lowest BCUT2D eigenvalue weighted by atomic mass is 9.60. The van der Waals surface area contributed by atoms with Gasteiger partial charge in [0.05, 0.1) is 63.9 Å². The third kappa shape index (κ3) is 11.1. The Hall–Kier alpha value is -9.94. The van der Waals surface area contributed by atoms with Crippen LogP contribution in [0, 0.1) is 41.5 Å². The number of benzene rings is 4. The molecule has 0 fully saturated rings. The third-order valence-electron chi connectivity index (χ3n) is 19.5. The Bertz CT molecular complexity index is 5610. The molecule has 16 rings (SSSR count). The van der Waals surface area contributed by atoms with E-state index in [4.69, 9.17) is 17.7 Å². The van der Waals surface area contributed by atoms with E-state index in [1.54, 1.807) is 0 Å². The number of hydrogen-bond acceptors (Lipinski definition) is 8. The van der Waals surface area contributed by atoms with E-state index in [1.807, 2.05) is 48.5 Å². The minimum Gasteiger partial charge on any atom is -0.457 e. The van der Waals surface area contributed by atoms with Gasteiger partial charge in [-0.25, -0.2) is 18.3 Å². The van der Waals surface area contributed by atoms with Gasteiger partial charge >= 0.3 is 27.4 Å². The van der Waals surface area contributed by atoms with Gasteiger partial charge in [0.15, 0.2) is 16.2 Å². The van der Waals surface area contributed by atoms with E-state index in [9.17, 15) is 0 Å². The molecule has 94 heavy (non-hydrogen) atoms. The summed E-state index contributed by atoms with van der Waals surface area (Å²) in [5.74, 6) is 13.9. The first-order valence-corrected chi connectivity index (χ1v) is 32.9. The van der Waals surface area contributed by atoms with E-state index in [0.717, 1.165) is 61.1 Å². The van der Waals surface area contributed by atoms with Gasteiger partial charge in [0.2, 0.25) is 0 Å². The Morgan fingerprint density at radius 3 is 1.12 bits per heavy atom. The maximum atomic E-state index is 6.18. The zero-order valence-corrected chi connectivity index (χ0v) is 57.8. The molecule has 0 amide bonds. The normalized spacial score (nSPS) is 14.1. The van der Waals surface area contributed by atoms with Gasteiger partial charge in [0, 0.05) is 61.5 Å². The number of fused-ring (bicyclic) bond motifs is 12. The van der Waals surface area contributed by atoms with Crippen LogP contribution in [-0.4, -0.2) is 27.4 Å². The second kappa shape index (κ2) is 24.8. The molecule has 4 aromatic carbocycles. The van der Waals surface area contributed by atoms with Gasteiger partial charge in [-0.3, -0.25) is 19.2 Å². The van der Waals surface area contributed by atoms with Crippen molar-refractivity contribution in [3.63, 3.8) is 0 Å². The van der Waals surface area contributed by atoms with Crippen LogP contribution in [0.3, 0.4) is 0 Å². The predicted octanol–water partition coefficient (Wildman–Crippen LogP) is 9.24. The van der Waals surface area contributed by atoms with Gasteiger partial charge in [-0.2, -0.15) is 0 Å². The van der Waals surface area contributed by atoms with Crippen LogP contribution in [-0.2, 0) is 28.2 Å². The first-order valence-electron chi connectivity index (χ1n) is 32.9. The van der Waals surface area contributed by atoms with Gasteiger partial charge < -0.3 is 17.7 Å². The minimum absolute atomic E-state index is 0.242. The molecule has 8 aromatic heterocycles. The largest absolute Gasteiger partial charge is 0.457 e. The van der Waals surface area contributed by atoms with E-state index in [2.05, 4.69) is 296 Å². The lowest BCUT2D eigenvalue weighted by molar-refractivity contribution is -0.658. The first kappa shape index (κ1) is 62.8. The molecule has 0 spiro atoms. The Morgan fingerprint density at radius 2 is 0.681 bits per heavy atom. The standard InChI is InChI=1S/2C20H22BN2O.2C19H20BN2O/c1-13-10-19(22(5)12-14(13)2)23-15(3)20-17(11-21(23)4)16-8-6-7-9-18(16)24-20;1-13-10-19(22(5)12-14(13)2)23-15(3)20-16-8-6-7-9-17(16)24-18(20)11-21(23)4;1-13-9-10-18(21(4)12-13)22-14(2)19-16(11-20(22)3)15-7-5-6-8-17(15)23-19;1-13-9-10-21(4)18(11-13)22-14(2)19-16(12-20(22)3)15-7-5-6-8-17(15)23-19/h2*6-12H,1-5H3;2*5-12H,1-4H3/q4*+1. The zero-order valence-electron chi connectivity index (χ0n) is 57.8. The second-order valence-corrected chi connectivity index (χ2v) is 26.4. The van der Waals surface area contributed by atoms with E-state index >= 15 is 0 Å². The van der Waals surface area contributed by atoms with Crippen molar-refractivity contribution in [1.82, 2.24) is 0 Å². The maximum absolute atomic E-state index is 6.18. The number of furan rings is 4. The molecule has 0 radical (unpaired) electrons. The topological polar surface area (TPSA) is 81.0 Å². The molecule has 0 atom stereocenters. The summed E-state index contributed by atoms with van der Waals surface area (Å²) in [4.78, 5) is 9.44. The zero-order chi connectivity index (χ0) is 66.3. The molecule has 0 aliphatic carbocycles. The molecule has 0 saturated carbocycles. The van der Waals surface area contributed by atoms with Crippen molar-refractivity contribution in [2.45, 2.75) is 96.5 Å². The number of anilines is 4. The van der Waals surface area contributed by atoms with Crippen LogP contribution in [0.4, 0.5) is 23.3 Å². The molecule has 0 bridgehead atoms. The number of aryl methyl sites for hydroxylation is 10. The summed E-state index contributed by atoms with van der Waals surface area (Å²) in [6.07, 6.45) is 8.66. The molecule has 4 aliphatic rings. The smallest absolute Gasteiger partial charge is 0.405 e. The highest BCUT2D eigenvalue weighted by Crippen LogP contribution is 2.27. The van der Waals surface area contributed by atoms with Crippen molar-refractivity contribution in [2.24, 2.45) is 28.2 Å². The first-order chi connectivity index (χ1) is 45.1. The number of rotatable bonds is 4. The Kier molecular flexibility index (Phi) is 16.6. The fourth-order valence-corrected chi connectivity index (χ4v) is 14.6. The average molecular weight is 1240 g/mol. The SMILES string of the molecule is CB1C=c2c(oc3ccccc23)=C(C)N1c1cc(C)c(C)c[n+]1C.CB1C=c2c(oc3ccccc23)=C(C)N1c1cc(C)cc[n+]1C.CB1C=c2c(oc3ccccc23)=C(C)N1c1ccc(C)c[n+]1C.CB1C=c2oc3ccccc3c2=C(C)N1c1cc(C)c(C)c[n+]1C. The van der Waals surface area contributed by atoms with Gasteiger partial charge in [-0.05, 0) is 172 Å². The highest BCUT2D eigenvalue weighted by atomic mass is 16.3. The molecular formula is C78H84B4N8O4+4. The van der Waals surface area contributed by atoms with Gasteiger partial charge in [-0.15, -0.1) is 0 Å². The fourth-order valence-electron chi connectivity index (χ4n) is 14.6. The Labute approximate surface area is 552 Å². The Morgan fingerprint density at radius 1 is 0.319 bits per heavy atom. The lowest BCUT2D eigenvalue weighted by Crippen LogP contribution is -2.50. The van der Waals surface area contributed by atoms with Gasteiger partial charge in [0.1, 0.15) is 44.8 Å². The van der Waals surface area contributed by atoms with Crippen molar-refractivity contribution in [2.75, 3.05) is 19.2 Å². The van der Waals surface area contributed by atoms with Crippen LogP contribution < -0.4 is 80.0 Å². The number of hydrogen-bond donors (Lipinski definition) is 0. The number of pyridine rings is 4. The predicted molar refractivity (Wildman–Crippen MR) is 391 cm³/mol. The van der Waals surface area contributed by atoms with E-state index in [0.29, 0.717) is 0 Å². The Balaban J connectivity index is 0.000000114. The van der Waals surface area contributed by atoms with Crippen LogP contribution in [0.2, 0.25) is 27.3 Å². The summed E-state index contributed by atoms with van der Waals surface area (Å²) in [6.45, 7) is 31.5. The third-order valence-corrected chi connectivity index (χ3v) is 19.5. The monoisotopic (exact) mass is 1240 g/mol. The molecule has 12 nitrogen and oxygen atoms in total. The molecule has 0 N–H and O–H groups in total. The summed E-state index contributed by atoms with van der Waals surface area (Å²) in [7, 11) is 8.40. The van der Waals surface area contributed by atoms with Crippen LogP contribution >= 0.6 is 0 Å². The quantitative estimate of drug-likeness (QED) is 0.128.